The molecule has 0 radical (unpaired) electrons. The molecule has 0 saturated heterocycles. The van der Waals surface area contributed by atoms with E-state index in [9.17, 15) is 9.90 Å². The Morgan fingerprint density at radius 3 is 2.68 bits per heavy atom. The number of benzene rings is 2. The molecule has 19 heavy (non-hydrogen) atoms. The van der Waals surface area contributed by atoms with Gasteiger partial charge in [0.2, 0.25) is 5.91 Å². The van der Waals surface area contributed by atoms with Crippen molar-refractivity contribution in [2.45, 2.75) is 6.92 Å². The first-order chi connectivity index (χ1) is 8.99. The topological polar surface area (TPSA) is 72.6 Å². The summed E-state index contributed by atoms with van der Waals surface area (Å²) < 4.78 is 5.61. The maximum atomic E-state index is 11.1. The van der Waals surface area contributed by atoms with Crippen LogP contribution in [0.25, 0.3) is 0 Å². The molecule has 3 N–H and O–H groups in total. The number of primary amides is 1. The quantitative estimate of drug-likeness (QED) is 0.904. The fraction of sp³-hybridized carbons (Fsp3) is 0.0714. The second kappa shape index (κ2) is 5.20. The van der Waals surface area contributed by atoms with E-state index in [2.05, 4.69) is 0 Å². The van der Waals surface area contributed by atoms with Gasteiger partial charge < -0.3 is 15.6 Å². The van der Waals surface area contributed by atoms with Crippen molar-refractivity contribution in [3.05, 3.63) is 52.5 Å². The van der Waals surface area contributed by atoms with E-state index in [0.29, 0.717) is 17.1 Å². The lowest BCUT2D eigenvalue weighted by Crippen LogP contribution is -2.11. The minimum atomic E-state index is -0.593. The standard InChI is InChI=1S/C14H12ClNO3/c1-8-12(17)3-2-4-13(8)19-9-5-6-10(14(16)18)11(15)7-9/h2-7,17H,1H3,(H2,16,18). The van der Waals surface area contributed by atoms with Crippen LogP contribution in [0.15, 0.2) is 36.4 Å². The fourth-order valence-corrected chi connectivity index (χ4v) is 1.86. The van der Waals surface area contributed by atoms with E-state index < -0.39 is 5.91 Å². The maximum Gasteiger partial charge on any atom is 0.250 e. The van der Waals surface area contributed by atoms with Crippen molar-refractivity contribution in [1.82, 2.24) is 0 Å². The number of nitrogens with two attached hydrogens (primary N) is 1. The Labute approximate surface area is 115 Å². The lowest BCUT2D eigenvalue weighted by Gasteiger charge is -2.10. The van der Waals surface area contributed by atoms with Crippen molar-refractivity contribution in [2.75, 3.05) is 0 Å². The molecule has 0 aliphatic heterocycles. The number of carbonyl (C=O) groups is 1. The predicted octanol–water partition coefficient (Wildman–Crippen LogP) is 3.25. The molecule has 0 aliphatic rings. The van der Waals surface area contributed by atoms with Crippen LogP contribution in [0.1, 0.15) is 15.9 Å². The Hall–Kier alpha value is -2.20. The molecule has 2 rings (SSSR count). The molecule has 0 unspecified atom stereocenters. The molecule has 0 fully saturated rings. The van der Waals surface area contributed by atoms with Crippen LogP contribution in [0, 0.1) is 6.92 Å². The summed E-state index contributed by atoms with van der Waals surface area (Å²) in [5, 5.41) is 9.81. The molecule has 0 atom stereocenters. The van der Waals surface area contributed by atoms with Crippen molar-refractivity contribution in [3.8, 4) is 17.2 Å². The largest absolute Gasteiger partial charge is 0.508 e. The first-order valence-electron chi connectivity index (χ1n) is 5.55. The van der Waals surface area contributed by atoms with E-state index in [1.165, 1.54) is 12.1 Å². The molecule has 0 saturated carbocycles. The molecular weight excluding hydrogens is 266 g/mol. The summed E-state index contributed by atoms with van der Waals surface area (Å²) in [6.07, 6.45) is 0. The zero-order chi connectivity index (χ0) is 14.0. The number of phenols is 1. The molecule has 0 spiro atoms. The van der Waals surface area contributed by atoms with Crippen LogP contribution >= 0.6 is 11.6 Å². The summed E-state index contributed by atoms with van der Waals surface area (Å²) in [6, 6.07) is 9.58. The van der Waals surface area contributed by atoms with Crippen LogP contribution < -0.4 is 10.5 Å². The molecule has 1 amide bonds. The van der Waals surface area contributed by atoms with E-state index >= 15 is 0 Å². The molecular formula is C14H12ClNO3. The Kier molecular flexibility index (Phi) is 3.62. The Morgan fingerprint density at radius 2 is 2.05 bits per heavy atom. The van der Waals surface area contributed by atoms with E-state index in [1.807, 2.05) is 0 Å². The van der Waals surface area contributed by atoms with Gasteiger partial charge in [0.1, 0.15) is 17.2 Å². The Morgan fingerprint density at radius 1 is 1.32 bits per heavy atom. The Bertz CT molecular complexity index is 641. The number of aromatic hydroxyl groups is 1. The van der Waals surface area contributed by atoms with Crippen LogP contribution in [0.5, 0.6) is 17.2 Å². The summed E-state index contributed by atoms with van der Waals surface area (Å²) in [5.74, 6) is 0.536. The average molecular weight is 278 g/mol. The SMILES string of the molecule is Cc1c(O)cccc1Oc1ccc(C(N)=O)c(Cl)c1. The highest BCUT2D eigenvalue weighted by atomic mass is 35.5. The molecule has 4 nitrogen and oxygen atoms in total. The van der Waals surface area contributed by atoms with Gasteiger partial charge in [0.25, 0.3) is 0 Å². The van der Waals surface area contributed by atoms with Crippen LogP contribution in [0.3, 0.4) is 0 Å². The summed E-state index contributed by atoms with van der Waals surface area (Å²) >= 11 is 5.93. The lowest BCUT2D eigenvalue weighted by atomic mass is 10.2. The summed E-state index contributed by atoms with van der Waals surface area (Å²) in [5.41, 5.74) is 6.02. The highest BCUT2D eigenvalue weighted by molar-refractivity contribution is 6.33. The number of amides is 1. The van der Waals surface area contributed by atoms with Gasteiger partial charge in [-0.05, 0) is 31.2 Å². The first kappa shape index (κ1) is 13.2. The molecule has 0 bridgehead atoms. The first-order valence-corrected chi connectivity index (χ1v) is 5.92. The number of phenolic OH excluding ortho intramolecular Hbond substituents is 1. The van der Waals surface area contributed by atoms with Crippen LogP contribution in [-0.4, -0.2) is 11.0 Å². The average Bonchev–Trinajstić information content (AvgIpc) is 2.34. The molecule has 98 valence electrons. The molecule has 5 heteroatoms. The number of hydrogen-bond acceptors (Lipinski definition) is 3. The van der Waals surface area contributed by atoms with Crippen molar-refractivity contribution < 1.29 is 14.6 Å². The van der Waals surface area contributed by atoms with E-state index in [-0.39, 0.29) is 16.3 Å². The van der Waals surface area contributed by atoms with Crippen LogP contribution in [0.4, 0.5) is 0 Å². The van der Waals surface area contributed by atoms with Gasteiger partial charge in [-0.2, -0.15) is 0 Å². The fourth-order valence-electron chi connectivity index (χ4n) is 1.60. The van der Waals surface area contributed by atoms with E-state index in [1.54, 1.807) is 31.2 Å². The van der Waals surface area contributed by atoms with Crippen molar-refractivity contribution in [2.24, 2.45) is 5.73 Å². The molecule has 2 aromatic carbocycles. The van der Waals surface area contributed by atoms with Gasteiger partial charge in [0.15, 0.2) is 0 Å². The van der Waals surface area contributed by atoms with Gasteiger partial charge in [0.05, 0.1) is 10.6 Å². The summed E-state index contributed by atoms with van der Waals surface area (Å²) in [6.45, 7) is 1.74. The highest BCUT2D eigenvalue weighted by Gasteiger charge is 2.09. The van der Waals surface area contributed by atoms with Crippen molar-refractivity contribution in [1.29, 1.82) is 0 Å². The second-order valence-corrected chi connectivity index (χ2v) is 4.42. The van der Waals surface area contributed by atoms with Gasteiger partial charge in [-0.1, -0.05) is 17.7 Å². The number of rotatable bonds is 3. The minimum Gasteiger partial charge on any atom is -0.508 e. The van der Waals surface area contributed by atoms with Crippen LogP contribution in [-0.2, 0) is 0 Å². The normalized spacial score (nSPS) is 10.2. The van der Waals surface area contributed by atoms with Gasteiger partial charge in [-0.25, -0.2) is 0 Å². The van der Waals surface area contributed by atoms with Gasteiger partial charge in [0, 0.05) is 11.6 Å². The zero-order valence-electron chi connectivity index (χ0n) is 10.2. The number of hydrogen-bond donors (Lipinski definition) is 2. The smallest absolute Gasteiger partial charge is 0.250 e. The van der Waals surface area contributed by atoms with Crippen LogP contribution in [0.2, 0.25) is 5.02 Å². The van der Waals surface area contributed by atoms with Gasteiger partial charge >= 0.3 is 0 Å². The van der Waals surface area contributed by atoms with E-state index in [4.69, 9.17) is 22.1 Å². The van der Waals surface area contributed by atoms with Crippen molar-refractivity contribution >= 4 is 17.5 Å². The maximum absolute atomic E-state index is 11.1. The van der Waals surface area contributed by atoms with Gasteiger partial charge in [-0.3, -0.25) is 4.79 Å². The summed E-state index contributed by atoms with van der Waals surface area (Å²) in [7, 11) is 0. The number of ether oxygens (including phenoxy) is 1. The minimum absolute atomic E-state index is 0.150. The summed E-state index contributed by atoms with van der Waals surface area (Å²) in [4.78, 5) is 11.1. The van der Waals surface area contributed by atoms with Crippen molar-refractivity contribution in [3.63, 3.8) is 0 Å². The molecule has 2 aromatic rings. The second-order valence-electron chi connectivity index (χ2n) is 4.01. The Balaban J connectivity index is 2.32. The zero-order valence-corrected chi connectivity index (χ0v) is 10.9. The third kappa shape index (κ3) is 2.80. The molecule has 0 aliphatic carbocycles. The van der Waals surface area contributed by atoms with E-state index in [0.717, 1.165) is 0 Å². The molecule has 0 aromatic heterocycles. The number of halogens is 1. The predicted molar refractivity (Wildman–Crippen MR) is 72.9 cm³/mol. The molecule has 0 heterocycles. The third-order valence-corrected chi connectivity index (χ3v) is 3.00. The number of carbonyl (C=O) groups excluding carboxylic acids is 1. The third-order valence-electron chi connectivity index (χ3n) is 2.69. The highest BCUT2D eigenvalue weighted by Crippen LogP contribution is 2.32. The lowest BCUT2D eigenvalue weighted by molar-refractivity contribution is 0.100. The van der Waals surface area contributed by atoms with Gasteiger partial charge in [-0.15, -0.1) is 0 Å². The monoisotopic (exact) mass is 277 g/mol.